The highest BCUT2D eigenvalue weighted by Crippen LogP contribution is 2.25. The molecule has 1 aliphatic heterocycles. The normalized spacial score (nSPS) is 18.7. The lowest BCUT2D eigenvalue weighted by Crippen LogP contribution is -2.40. The van der Waals surface area contributed by atoms with Gasteiger partial charge in [0.2, 0.25) is 11.8 Å². The minimum Gasteiger partial charge on any atom is -0.468 e. The van der Waals surface area contributed by atoms with E-state index in [-0.39, 0.29) is 37.2 Å². The van der Waals surface area contributed by atoms with Crippen LogP contribution in [0, 0.1) is 0 Å². The molecule has 144 valence electrons. The van der Waals surface area contributed by atoms with Crippen LogP contribution in [0.5, 0.6) is 5.88 Å². The van der Waals surface area contributed by atoms with Crippen LogP contribution in [0.15, 0.2) is 18.3 Å². The van der Waals surface area contributed by atoms with E-state index in [1.165, 1.54) is 18.3 Å². The lowest BCUT2D eigenvalue weighted by molar-refractivity contribution is -0.154. The Balaban J connectivity index is 0.00000288. The van der Waals surface area contributed by atoms with Crippen LogP contribution >= 0.6 is 24.8 Å². The van der Waals surface area contributed by atoms with Crippen molar-refractivity contribution in [1.29, 1.82) is 0 Å². The molecule has 1 amide bonds. The van der Waals surface area contributed by atoms with Crippen molar-refractivity contribution >= 4 is 30.7 Å². The van der Waals surface area contributed by atoms with E-state index in [0.29, 0.717) is 5.56 Å². The van der Waals surface area contributed by atoms with Gasteiger partial charge in [0.1, 0.15) is 0 Å². The van der Waals surface area contributed by atoms with Crippen molar-refractivity contribution in [2.24, 2.45) is 0 Å². The number of hydrogen-bond acceptors (Lipinski definition) is 4. The van der Waals surface area contributed by atoms with Crippen LogP contribution < -0.4 is 15.4 Å². The Labute approximate surface area is 152 Å². The number of nitrogens with one attached hydrogen (secondary N) is 2. The lowest BCUT2D eigenvalue weighted by Gasteiger charge is -2.12. The van der Waals surface area contributed by atoms with Crippen LogP contribution in [0.2, 0.25) is 0 Å². The predicted molar refractivity (Wildman–Crippen MR) is 83.5 cm³/mol. The molecule has 1 aromatic heterocycles. The molecule has 2 rings (SSSR count). The maximum atomic E-state index is 13.0. The number of carbonyl (C=O) groups excluding carboxylic acids is 1. The number of amides is 1. The average molecular weight is 412 g/mol. The average Bonchev–Trinajstić information content (AvgIpc) is 2.83. The molecular formula is C13H16Cl2F5N3O2. The van der Waals surface area contributed by atoms with Crippen molar-refractivity contribution in [2.75, 3.05) is 13.2 Å². The maximum absolute atomic E-state index is 13.0. The van der Waals surface area contributed by atoms with Gasteiger partial charge in [0.05, 0.1) is 12.6 Å². The first-order valence-corrected chi connectivity index (χ1v) is 6.68. The highest BCUT2D eigenvalue weighted by Gasteiger charge is 2.42. The first kappa shape index (κ1) is 23.6. The summed E-state index contributed by atoms with van der Waals surface area (Å²) in [6.07, 6.45) is -3.84. The van der Waals surface area contributed by atoms with E-state index >= 15 is 0 Å². The second-order valence-corrected chi connectivity index (χ2v) is 5.12. The van der Waals surface area contributed by atoms with E-state index in [2.05, 4.69) is 20.4 Å². The van der Waals surface area contributed by atoms with Crippen molar-refractivity contribution in [2.45, 2.75) is 31.1 Å². The monoisotopic (exact) mass is 411 g/mol. The molecule has 1 fully saturated rings. The van der Waals surface area contributed by atoms with E-state index in [9.17, 15) is 26.7 Å². The van der Waals surface area contributed by atoms with E-state index in [1.54, 1.807) is 0 Å². The number of nitrogens with zero attached hydrogens (tertiary/aromatic N) is 1. The molecule has 0 aliphatic carbocycles. The summed E-state index contributed by atoms with van der Waals surface area (Å²) < 4.78 is 66.6. The quantitative estimate of drug-likeness (QED) is 0.730. The van der Waals surface area contributed by atoms with E-state index in [1.807, 2.05) is 0 Å². The third kappa shape index (κ3) is 8.02. The zero-order valence-corrected chi connectivity index (χ0v) is 14.2. The molecule has 1 unspecified atom stereocenters. The van der Waals surface area contributed by atoms with Crippen molar-refractivity contribution < 1.29 is 31.5 Å². The highest BCUT2D eigenvalue weighted by atomic mass is 35.5. The molecule has 25 heavy (non-hydrogen) atoms. The largest absolute Gasteiger partial charge is 0.468 e. The van der Waals surface area contributed by atoms with E-state index in [4.69, 9.17) is 0 Å². The first-order chi connectivity index (χ1) is 10.6. The van der Waals surface area contributed by atoms with Crippen molar-refractivity contribution in [1.82, 2.24) is 15.6 Å². The van der Waals surface area contributed by atoms with Gasteiger partial charge in [-0.3, -0.25) is 10.1 Å². The van der Waals surface area contributed by atoms with Crippen LogP contribution in [0.25, 0.3) is 0 Å². The second-order valence-electron chi connectivity index (χ2n) is 5.12. The molecule has 12 heteroatoms. The third-order valence-electron chi connectivity index (χ3n) is 3.08. The smallest absolute Gasteiger partial charge is 0.422 e. The van der Waals surface area contributed by atoms with Gasteiger partial charge in [0.15, 0.2) is 6.61 Å². The zero-order valence-electron chi connectivity index (χ0n) is 12.6. The van der Waals surface area contributed by atoms with E-state index < -0.39 is 43.6 Å². The summed E-state index contributed by atoms with van der Waals surface area (Å²) in [7, 11) is 0. The van der Waals surface area contributed by atoms with Crippen LogP contribution in [0.3, 0.4) is 0 Å². The Kier molecular flexibility index (Phi) is 8.83. The zero-order chi connectivity index (χ0) is 17.1. The van der Waals surface area contributed by atoms with Crippen LogP contribution in [0.1, 0.15) is 12.0 Å². The van der Waals surface area contributed by atoms with Gasteiger partial charge >= 0.3 is 6.18 Å². The number of alkyl halides is 5. The van der Waals surface area contributed by atoms with Gasteiger partial charge in [-0.05, 0) is 11.6 Å². The van der Waals surface area contributed by atoms with Gasteiger partial charge in [-0.1, -0.05) is 0 Å². The Hall–Kier alpha value is -1.39. The SMILES string of the molecule is Cl.Cl.O=C(NCc1ccnc(OCC(F)(F)F)c1)C1CC(F)(F)CN1. The third-order valence-corrected chi connectivity index (χ3v) is 3.08. The number of rotatable bonds is 5. The summed E-state index contributed by atoms with van der Waals surface area (Å²) in [5, 5.41) is 4.85. The number of ether oxygens (including phenoxy) is 1. The van der Waals surface area contributed by atoms with Gasteiger partial charge in [-0.15, -0.1) is 24.8 Å². The number of halogens is 7. The molecular weight excluding hydrogens is 396 g/mol. The molecule has 2 heterocycles. The highest BCUT2D eigenvalue weighted by molar-refractivity contribution is 5.85. The molecule has 1 saturated heterocycles. The molecule has 2 N–H and O–H groups in total. The van der Waals surface area contributed by atoms with Crippen LogP contribution in [-0.2, 0) is 11.3 Å². The van der Waals surface area contributed by atoms with Crippen molar-refractivity contribution in [3.63, 3.8) is 0 Å². The van der Waals surface area contributed by atoms with Crippen molar-refractivity contribution in [3.8, 4) is 5.88 Å². The Bertz CT molecular complexity index is 575. The minimum atomic E-state index is -4.48. The first-order valence-electron chi connectivity index (χ1n) is 6.68. The van der Waals surface area contributed by atoms with E-state index in [0.717, 1.165) is 0 Å². The fraction of sp³-hybridized carbons (Fsp3) is 0.538. The van der Waals surface area contributed by atoms with Crippen molar-refractivity contribution in [3.05, 3.63) is 23.9 Å². The summed E-state index contributed by atoms with van der Waals surface area (Å²) in [4.78, 5) is 15.4. The summed E-state index contributed by atoms with van der Waals surface area (Å²) >= 11 is 0. The second kappa shape index (κ2) is 9.35. The number of aromatic nitrogens is 1. The molecule has 5 nitrogen and oxygen atoms in total. The molecule has 1 aliphatic rings. The van der Waals surface area contributed by atoms with Crippen LogP contribution in [-0.4, -0.2) is 42.2 Å². The molecule has 0 saturated carbocycles. The maximum Gasteiger partial charge on any atom is 0.422 e. The minimum absolute atomic E-state index is 0. The number of carbonyl (C=O) groups is 1. The number of hydrogen-bond donors (Lipinski definition) is 2. The molecule has 1 aromatic rings. The molecule has 0 bridgehead atoms. The van der Waals surface area contributed by atoms with Crippen LogP contribution in [0.4, 0.5) is 22.0 Å². The van der Waals surface area contributed by atoms with Gasteiger partial charge in [0.25, 0.3) is 5.92 Å². The fourth-order valence-electron chi connectivity index (χ4n) is 2.01. The Morgan fingerprint density at radius 2 is 2.08 bits per heavy atom. The summed E-state index contributed by atoms with van der Waals surface area (Å²) in [5.74, 6) is -3.76. The van der Waals surface area contributed by atoms with Gasteiger partial charge in [-0.25, -0.2) is 13.8 Å². The molecule has 0 spiro atoms. The summed E-state index contributed by atoms with van der Waals surface area (Å²) in [6, 6.07) is 1.72. The topological polar surface area (TPSA) is 63.2 Å². The summed E-state index contributed by atoms with van der Waals surface area (Å²) in [5.41, 5.74) is 0.440. The molecule has 0 aromatic carbocycles. The Morgan fingerprint density at radius 3 is 2.64 bits per heavy atom. The summed E-state index contributed by atoms with van der Waals surface area (Å²) in [6.45, 7) is -2.07. The number of pyridine rings is 1. The Morgan fingerprint density at radius 1 is 1.40 bits per heavy atom. The molecule has 1 atom stereocenters. The van der Waals surface area contributed by atoms with Gasteiger partial charge < -0.3 is 10.1 Å². The standard InChI is InChI=1S/C13H14F5N3O2.2ClH/c14-12(15)4-9(21-6-12)11(22)20-5-8-1-2-19-10(3-8)23-7-13(16,17)18;;/h1-3,9,21H,4-7H2,(H,20,22);2*1H. The predicted octanol–water partition coefficient (Wildman–Crippen LogP) is 2.48. The molecule has 0 radical (unpaired) electrons. The lowest BCUT2D eigenvalue weighted by atomic mass is 10.2. The van der Waals surface area contributed by atoms with Gasteiger partial charge in [0, 0.05) is 25.2 Å². The fourth-order valence-corrected chi connectivity index (χ4v) is 2.01. The van der Waals surface area contributed by atoms with Gasteiger partial charge in [-0.2, -0.15) is 13.2 Å².